The molecule has 154 valence electrons. The standard InChI is InChI=1S/C19H12F3N3O3S2/c20-19(21,22)15-3-1-2-14(10-15)12-4-6-13(7-5-12)17(26)24-30(27,28)16-11-23-18-25(16)8-9-29-18/h1-11H,(H,24,26). The largest absolute Gasteiger partial charge is 0.416 e. The van der Waals surface area contributed by atoms with E-state index in [0.29, 0.717) is 16.1 Å². The van der Waals surface area contributed by atoms with E-state index in [1.165, 1.54) is 58.3 Å². The smallest absolute Gasteiger partial charge is 0.279 e. The number of thiazole rings is 1. The molecule has 11 heteroatoms. The molecular weight excluding hydrogens is 439 g/mol. The third-order valence-electron chi connectivity index (χ3n) is 4.29. The summed E-state index contributed by atoms with van der Waals surface area (Å²) in [5, 5.41) is 1.49. The second-order valence-electron chi connectivity index (χ2n) is 6.24. The Morgan fingerprint density at radius 1 is 1.07 bits per heavy atom. The van der Waals surface area contributed by atoms with Gasteiger partial charge in [-0.25, -0.2) is 9.71 Å². The number of rotatable bonds is 4. The third kappa shape index (κ3) is 3.81. The molecule has 4 aromatic rings. The van der Waals surface area contributed by atoms with Crippen molar-refractivity contribution >= 4 is 32.2 Å². The number of hydrogen-bond donors (Lipinski definition) is 1. The van der Waals surface area contributed by atoms with E-state index >= 15 is 0 Å². The molecule has 2 aromatic carbocycles. The Kier molecular flexibility index (Phi) is 4.86. The normalized spacial score (nSPS) is 12.2. The van der Waals surface area contributed by atoms with Gasteiger partial charge in [-0.15, -0.1) is 11.3 Å². The van der Waals surface area contributed by atoms with E-state index in [1.807, 2.05) is 4.72 Å². The van der Waals surface area contributed by atoms with Crippen molar-refractivity contribution in [3.63, 3.8) is 0 Å². The number of halogens is 3. The van der Waals surface area contributed by atoms with E-state index in [-0.39, 0.29) is 10.6 Å². The number of hydrogen-bond acceptors (Lipinski definition) is 5. The molecule has 0 spiro atoms. The number of amides is 1. The highest BCUT2D eigenvalue weighted by Crippen LogP contribution is 2.32. The highest BCUT2D eigenvalue weighted by molar-refractivity contribution is 7.90. The highest BCUT2D eigenvalue weighted by Gasteiger charge is 2.30. The molecule has 0 aliphatic carbocycles. The lowest BCUT2D eigenvalue weighted by Gasteiger charge is -2.10. The van der Waals surface area contributed by atoms with Crippen LogP contribution in [-0.2, 0) is 16.2 Å². The lowest BCUT2D eigenvalue weighted by atomic mass is 10.0. The lowest BCUT2D eigenvalue weighted by Crippen LogP contribution is -2.31. The van der Waals surface area contributed by atoms with Crippen LogP contribution in [0.15, 0.2) is 71.3 Å². The van der Waals surface area contributed by atoms with Gasteiger partial charge in [0.15, 0.2) is 9.99 Å². The molecule has 0 atom stereocenters. The molecule has 0 radical (unpaired) electrons. The van der Waals surface area contributed by atoms with Crippen LogP contribution in [0.3, 0.4) is 0 Å². The van der Waals surface area contributed by atoms with Gasteiger partial charge in [-0.05, 0) is 35.4 Å². The molecule has 0 fully saturated rings. The summed E-state index contributed by atoms with van der Waals surface area (Å²) in [6, 6.07) is 10.4. The average Bonchev–Trinajstić information content (AvgIpc) is 3.31. The molecule has 4 rings (SSSR count). The molecule has 0 saturated heterocycles. The van der Waals surface area contributed by atoms with Crippen molar-refractivity contribution in [2.24, 2.45) is 0 Å². The first-order valence-corrected chi connectivity index (χ1v) is 10.8. The van der Waals surface area contributed by atoms with E-state index in [0.717, 1.165) is 18.3 Å². The summed E-state index contributed by atoms with van der Waals surface area (Å²) in [6.45, 7) is 0. The summed E-state index contributed by atoms with van der Waals surface area (Å²) >= 11 is 1.25. The summed E-state index contributed by atoms with van der Waals surface area (Å²) < 4.78 is 67.0. The van der Waals surface area contributed by atoms with Gasteiger partial charge in [0.05, 0.1) is 11.8 Å². The number of alkyl halides is 3. The van der Waals surface area contributed by atoms with Gasteiger partial charge in [0, 0.05) is 17.1 Å². The molecule has 1 N–H and O–H groups in total. The van der Waals surface area contributed by atoms with E-state index in [1.54, 1.807) is 5.38 Å². The van der Waals surface area contributed by atoms with Crippen LogP contribution in [0.4, 0.5) is 13.2 Å². The number of sulfonamides is 1. The SMILES string of the molecule is O=C(NS(=O)(=O)c1cnc2sccn12)c1ccc(-c2cccc(C(F)(F)F)c2)cc1. The zero-order valence-corrected chi connectivity index (χ0v) is 16.6. The maximum atomic E-state index is 12.9. The summed E-state index contributed by atoms with van der Waals surface area (Å²) in [6.07, 6.45) is -1.79. The number of fused-ring (bicyclic) bond motifs is 1. The fourth-order valence-corrected chi connectivity index (χ4v) is 4.64. The number of carbonyl (C=O) groups excluding carboxylic acids is 1. The van der Waals surface area contributed by atoms with Gasteiger partial charge >= 0.3 is 6.18 Å². The van der Waals surface area contributed by atoms with Gasteiger partial charge in [0.25, 0.3) is 15.9 Å². The Labute approximate surface area is 172 Å². The van der Waals surface area contributed by atoms with Crippen LogP contribution < -0.4 is 4.72 Å². The molecule has 0 aliphatic heterocycles. The maximum absolute atomic E-state index is 12.9. The lowest BCUT2D eigenvalue weighted by molar-refractivity contribution is -0.137. The fourth-order valence-electron chi connectivity index (χ4n) is 2.83. The zero-order chi connectivity index (χ0) is 21.5. The first-order chi connectivity index (χ1) is 14.1. The highest BCUT2D eigenvalue weighted by atomic mass is 32.2. The molecule has 2 heterocycles. The summed E-state index contributed by atoms with van der Waals surface area (Å²) in [7, 11) is -4.16. The summed E-state index contributed by atoms with van der Waals surface area (Å²) in [5.74, 6) is -0.865. The van der Waals surface area contributed by atoms with Crippen LogP contribution in [0.5, 0.6) is 0 Å². The quantitative estimate of drug-likeness (QED) is 0.504. The fraction of sp³-hybridized carbons (Fsp3) is 0.0526. The van der Waals surface area contributed by atoms with Gasteiger partial charge < -0.3 is 0 Å². The predicted molar refractivity (Wildman–Crippen MR) is 105 cm³/mol. The van der Waals surface area contributed by atoms with Gasteiger partial charge in [0.2, 0.25) is 0 Å². The van der Waals surface area contributed by atoms with Crippen LogP contribution in [0.2, 0.25) is 0 Å². The van der Waals surface area contributed by atoms with E-state index in [2.05, 4.69) is 4.98 Å². The molecule has 30 heavy (non-hydrogen) atoms. The Bertz CT molecular complexity index is 1340. The van der Waals surface area contributed by atoms with E-state index in [4.69, 9.17) is 0 Å². The first-order valence-electron chi connectivity index (χ1n) is 8.40. The molecule has 0 unspecified atom stereocenters. The molecule has 0 aliphatic rings. The minimum atomic E-state index is -4.47. The van der Waals surface area contributed by atoms with Gasteiger partial charge in [-0.1, -0.05) is 24.3 Å². The van der Waals surface area contributed by atoms with Gasteiger partial charge in [0.1, 0.15) is 0 Å². The van der Waals surface area contributed by atoms with Crippen molar-refractivity contribution < 1.29 is 26.4 Å². The zero-order valence-electron chi connectivity index (χ0n) is 14.9. The molecule has 6 nitrogen and oxygen atoms in total. The van der Waals surface area contributed by atoms with Crippen molar-refractivity contribution in [1.82, 2.24) is 14.1 Å². The molecule has 1 amide bonds. The number of nitrogens with one attached hydrogen (secondary N) is 1. The molecule has 0 bridgehead atoms. The van der Waals surface area contributed by atoms with Gasteiger partial charge in [-0.3, -0.25) is 9.20 Å². The van der Waals surface area contributed by atoms with Crippen LogP contribution >= 0.6 is 11.3 Å². The second-order valence-corrected chi connectivity index (χ2v) is 8.74. The minimum Gasteiger partial charge on any atom is -0.279 e. The predicted octanol–water partition coefficient (Wildman–Crippen LogP) is 4.20. The number of imidazole rings is 1. The Hall–Kier alpha value is -3.18. The first kappa shape index (κ1) is 20.1. The van der Waals surface area contributed by atoms with Gasteiger partial charge in [-0.2, -0.15) is 21.6 Å². The topological polar surface area (TPSA) is 80.5 Å². The minimum absolute atomic E-state index is 0.0420. The van der Waals surface area contributed by atoms with Crippen LogP contribution in [0.1, 0.15) is 15.9 Å². The van der Waals surface area contributed by atoms with Crippen LogP contribution in [0, 0.1) is 0 Å². The molecule has 2 aromatic heterocycles. The third-order valence-corrected chi connectivity index (χ3v) is 6.36. The number of benzene rings is 2. The summed E-state index contributed by atoms with van der Waals surface area (Å²) in [4.78, 5) is 16.8. The van der Waals surface area contributed by atoms with Crippen LogP contribution in [0.25, 0.3) is 16.1 Å². The number of aromatic nitrogens is 2. The molecule has 0 saturated carbocycles. The molecular formula is C19H12F3N3O3S2. The van der Waals surface area contributed by atoms with Crippen molar-refractivity contribution in [2.75, 3.05) is 0 Å². The second kappa shape index (κ2) is 7.26. The Morgan fingerprint density at radius 3 is 2.50 bits per heavy atom. The van der Waals surface area contributed by atoms with Crippen molar-refractivity contribution in [3.8, 4) is 11.1 Å². The Morgan fingerprint density at radius 2 is 1.80 bits per heavy atom. The average molecular weight is 451 g/mol. The van der Waals surface area contributed by atoms with E-state index in [9.17, 15) is 26.4 Å². The van der Waals surface area contributed by atoms with Crippen LogP contribution in [-0.4, -0.2) is 23.7 Å². The number of carbonyl (C=O) groups is 1. The Balaban J connectivity index is 1.56. The van der Waals surface area contributed by atoms with Crippen molar-refractivity contribution in [3.05, 3.63) is 77.4 Å². The maximum Gasteiger partial charge on any atom is 0.416 e. The summed E-state index contributed by atoms with van der Waals surface area (Å²) in [5.41, 5.74) is 0.0358. The van der Waals surface area contributed by atoms with E-state index < -0.39 is 27.7 Å². The van der Waals surface area contributed by atoms with Crippen molar-refractivity contribution in [1.29, 1.82) is 0 Å². The number of nitrogens with zero attached hydrogens (tertiary/aromatic N) is 2. The monoisotopic (exact) mass is 451 g/mol. The van der Waals surface area contributed by atoms with Crippen molar-refractivity contribution in [2.45, 2.75) is 11.2 Å².